The fourth-order valence-corrected chi connectivity index (χ4v) is 3.57. The van der Waals surface area contributed by atoms with Crippen molar-refractivity contribution in [3.05, 3.63) is 59.9 Å². The summed E-state index contributed by atoms with van der Waals surface area (Å²) in [5, 5.41) is 3.90. The van der Waals surface area contributed by atoms with Crippen molar-refractivity contribution in [1.82, 2.24) is 9.88 Å². The van der Waals surface area contributed by atoms with Gasteiger partial charge in [-0.2, -0.15) is 0 Å². The van der Waals surface area contributed by atoms with Crippen molar-refractivity contribution in [2.45, 2.75) is 51.8 Å². The highest BCUT2D eigenvalue weighted by Crippen LogP contribution is 2.22. The van der Waals surface area contributed by atoms with Crippen molar-refractivity contribution in [2.75, 3.05) is 6.61 Å². The van der Waals surface area contributed by atoms with E-state index in [9.17, 15) is 4.79 Å². The average Bonchev–Trinajstić information content (AvgIpc) is 2.73. The molecular formula is C22H28N4O3. The molecule has 2 atom stereocenters. The number of pyridine rings is 1. The molecule has 2 heterocycles. The molecule has 154 valence electrons. The third-order valence-corrected chi connectivity index (χ3v) is 5.11. The standard InChI is InChI=1S/C22H28N4O3/c1-16-5-3-6-17(2)26(16)21(27)15-29-25-22(23)19-8-10-20(11-9-19)28-14-18-7-4-12-24-13-18/h4,7-13,16-17H,3,5-6,14-15H2,1-2H3,(H2,23,25). The van der Waals surface area contributed by atoms with Gasteiger partial charge in [0.05, 0.1) is 0 Å². The van der Waals surface area contributed by atoms with E-state index in [1.165, 1.54) is 0 Å². The van der Waals surface area contributed by atoms with E-state index in [-0.39, 0.29) is 30.4 Å². The number of ether oxygens (including phenoxy) is 1. The predicted octanol–water partition coefficient (Wildman–Crippen LogP) is 3.09. The quantitative estimate of drug-likeness (QED) is 0.441. The Morgan fingerprint density at radius 2 is 1.93 bits per heavy atom. The lowest BCUT2D eigenvalue weighted by atomic mass is 9.97. The molecule has 1 saturated heterocycles. The molecule has 1 aliphatic rings. The summed E-state index contributed by atoms with van der Waals surface area (Å²) >= 11 is 0. The molecular weight excluding hydrogens is 368 g/mol. The van der Waals surface area contributed by atoms with Crippen LogP contribution in [-0.4, -0.2) is 40.3 Å². The Morgan fingerprint density at radius 1 is 1.21 bits per heavy atom. The van der Waals surface area contributed by atoms with Gasteiger partial charge in [-0.05, 0) is 63.4 Å². The summed E-state index contributed by atoms with van der Waals surface area (Å²) < 4.78 is 5.72. The number of hydrogen-bond acceptors (Lipinski definition) is 5. The average molecular weight is 396 g/mol. The van der Waals surface area contributed by atoms with E-state index >= 15 is 0 Å². The summed E-state index contributed by atoms with van der Waals surface area (Å²) in [6, 6.07) is 11.5. The van der Waals surface area contributed by atoms with Gasteiger partial charge in [0.1, 0.15) is 12.4 Å². The van der Waals surface area contributed by atoms with Gasteiger partial charge in [-0.3, -0.25) is 9.78 Å². The van der Waals surface area contributed by atoms with E-state index in [4.69, 9.17) is 15.3 Å². The zero-order chi connectivity index (χ0) is 20.6. The minimum atomic E-state index is -0.109. The summed E-state index contributed by atoms with van der Waals surface area (Å²) in [7, 11) is 0. The Kier molecular flexibility index (Phi) is 7.05. The molecule has 7 nitrogen and oxygen atoms in total. The van der Waals surface area contributed by atoms with Crippen molar-refractivity contribution >= 4 is 11.7 Å². The van der Waals surface area contributed by atoms with Crippen LogP contribution in [0.5, 0.6) is 5.75 Å². The third-order valence-electron chi connectivity index (χ3n) is 5.11. The molecule has 0 bridgehead atoms. The van der Waals surface area contributed by atoms with Gasteiger partial charge in [-0.25, -0.2) is 0 Å². The Hall–Kier alpha value is -3.09. The SMILES string of the molecule is CC1CCCC(C)N1C(=O)CON=C(N)c1ccc(OCc2cccnc2)cc1. The Balaban J connectivity index is 1.49. The Morgan fingerprint density at radius 3 is 2.59 bits per heavy atom. The number of carbonyl (C=O) groups excluding carboxylic acids is 1. The number of piperidine rings is 1. The second kappa shape index (κ2) is 9.91. The first-order chi connectivity index (χ1) is 14.0. The van der Waals surface area contributed by atoms with Crippen molar-refractivity contribution in [3.8, 4) is 5.75 Å². The monoisotopic (exact) mass is 396 g/mol. The largest absolute Gasteiger partial charge is 0.489 e. The molecule has 1 aromatic carbocycles. The van der Waals surface area contributed by atoms with Crippen LogP contribution in [0.2, 0.25) is 0 Å². The molecule has 2 N–H and O–H groups in total. The van der Waals surface area contributed by atoms with Crippen LogP contribution in [0.4, 0.5) is 0 Å². The topological polar surface area (TPSA) is 90.0 Å². The van der Waals surface area contributed by atoms with Gasteiger partial charge in [0.15, 0.2) is 12.4 Å². The minimum absolute atomic E-state index is 0.0552. The first-order valence-electron chi connectivity index (χ1n) is 9.93. The number of nitrogens with two attached hydrogens (primary N) is 1. The normalized spacial score (nSPS) is 19.7. The lowest BCUT2D eigenvalue weighted by Gasteiger charge is -2.38. The maximum atomic E-state index is 12.4. The van der Waals surface area contributed by atoms with Gasteiger partial charge in [0.25, 0.3) is 5.91 Å². The van der Waals surface area contributed by atoms with E-state index in [1.807, 2.05) is 29.2 Å². The molecule has 1 aromatic heterocycles. The van der Waals surface area contributed by atoms with Gasteiger partial charge in [-0.1, -0.05) is 11.2 Å². The van der Waals surface area contributed by atoms with Crippen molar-refractivity contribution < 1.29 is 14.4 Å². The number of carbonyl (C=O) groups is 1. The van der Waals surface area contributed by atoms with E-state index in [1.54, 1.807) is 24.5 Å². The highest BCUT2D eigenvalue weighted by Gasteiger charge is 2.29. The molecule has 2 unspecified atom stereocenters. The number of likely N-dealkylation sites (tertiary alicyclic amines) is 1. The molecule has 0 aliphatic carbocycles. The summed E-state index contributed by atoms with van der Waals surface area (Å²) in [6.45, 7) is 4.48. The number of aromatic nitrogens is 1. The molecule has 0 radical (unpaired) electrons. The van der Waals surface area contributed by atoms with Crippen LogP contribution in [0.25, 0.3) is 0 Å². The second-order valence-electron chi connectivity index (χ2n) is 7.35. The van der Waals surface area contributed by atoms with Gasteiger partial charge >= 0.3 is 0 Å². The molecule has 2 aromatic rings. The van der Waals surface area contributed by atoms with Crippen LogP contribution in [0.15, 0.2) is 53.9 Å². The number of amides is 1. The summed E-state index contributed by atoms with van der Waals surface area (Å²) in [5.74, 6) is 0.881. The van der Waals surface area contributed by atoms with Crippen molar-refractivity contribution in [2.24, 2.45) is 10.9 Å². The smallest absolute Gasteiger partial charge is 0.263 e. The molecule has 7 heteroatoms. The maximum Gasteiger partial charge on any atom is 0.263 e. The van der Waals surface area contributed by atoms with Crippen LogP contribution >= 0.6 is 0 Å². The number of amidine groups is 1. The number of oxime groups is 1. The molecule has 29 heavy (non-hydrogen) atoms. The first kappa shape index (κ1) is 20.6. The summed E-state index contributed by atoms with van der Waals surface area (Å²) in [6.07, 6.45) is 6.69. The van der Waals surface area contributed by atoms with Crippen LogP contribution in [0.1, 0.15) is 44.2 Å². The number of rotatable bonds is 7. The summed E-state index contributed by atoms with van der Waals surface area (Å²) in [5.41, 5.74) is 7.67. The fourth-order valence-electron chi connectivity index (χ4n) is 3.57. The van der Waals surface area contributed by atoms with E-state index in [0.717, 1.165) is 30.6 Å². The number of nitrogens with zero attached hydrogens (tertiary/aromatic N) is 3. The maximum absolute atomic E-state index is 12.4. The fraction of sp³-hybridized carbons (Fsp3) is 0.409. The van der Waals surface area contributed by atoms with Crippen LogP contribution < -0.4 is 10.5 Å². The lowest BCUT2D eigenvalue weighted by molar-refractivity contribution is -0.142. The molecule has 1 fully saturated rings. The van der Waals surface area contributed by atoms with Crippen LogP contribution in [-0.2, 0) is 16.2 Å². The third kappa shape index (κ3) is 5.70. The summed E-state index contributed by atoms with van der Waals surface area (Å²) in [4.78, 5) is 23.6. The van der Waals surface area contributed by atoms with Gasteiger partial charge in [-0.15, -0.1) is 0 Å². The lowest BCUT2D eigenvalue weighted by Crippen LogP contribution is -2.48. The number of benzene rings is 1. The van der Waals surface area contributed by atoms with Crippen molar-refractivity contribution in [1.29, 1.82) is 0 Å². The molecule has 0 spiro atoms. The van der Waals surface area contributed by atoms with Crippen LogP contribution in [0, 0.1) is 0 Å². The number of hydrogen-bond donors (Lipinski definition) is 1. The van der Waals surface area contributed by atoms with Gasteiger partial charge < -0.3 is 20.2 Å². The van der Waals surface area contributed by atoms with E-state index in [2.05, 4.69) is 24.0 Å². The van der Waals surface area contributed by atoms with Crippen molar-refractivity contribution in [3.63, 3.8) is 0 Å². The van der Waals surface area contributed by atoms with Gasteiger partial charge in [0.2, 0.25) is 0 Å². The van der Waals surface area contributed by atoms with Gasteiger partial charge in [0, 0.05) is 35.6 Å². The van der Waals surface area contributed by atoms with E-state index in [0.29, 0.717) is 12.2 Å². The Labute approximate surface area is 171 Å². The first-order valence-corrected chi connectivity index (χ1v) is 9.93. The Bertz CT molecular complexity index is 814. The molecule has 3 rings (SSSR count). The molecule has 1 aliphatic heterocycles. The molecule has 0 saturated carbocycles. The van der Waals surface area contributed by atoms with E-state index < -0.39 is 0 Å². The van der Waals surface area contributed by atoms with Crippen LogP contribution in [0.3, 0.4) is 0 Å². The second-order valence-corrected chi connectivity index (χ2v) is 7.35. The zero-order valence-electron chi connectivity index (χ0n) is 17.0. The molecule has 1 amide bonds. The highest BCUT2D eigenvalue weighted by molar-refractivity contribution is 5.97. The highest BCUT2D eigenvalue weighted by atomic mass is 16.6. The predicted molar refractivity (Wildman–Crippen MR) is 111 cm³/mol. The zero-order valence-corrected chi connectivity index (χ0v) is 17.0. The minimum Gasteiger partial charge on any atom is -0.489 e.